The van der Waals surface area contributed by atoms with Crippen LogP contribution in [-0.4, -0.2) is 14.8 Å². The summed E-state index contributed by atoms with van der Waals surface area (Å²) in [5.41, 5.74) is 9.26. The van der Waals surface area contributed by atoms with Crippen molar-refractivity contribution in [3.63, 3.8) is 0 Å². The van der Waals surface area contributed by atoms with Gasteiger partial charge in [-0.3, -0.25) is 0 Å². The van der Waals surface area contributed by atoms with Crippen molar-refractivity contribution in [2.24, 2.45) is 11.7 Å². The molecule has 2 aromatic heterocycles. The van der Waals surface area contributed by atoms with Crippen molar-refractivity contribution >= 4 is 11.3 Å². The number of aromatic nitrogens is 3. The summed E-state index contributed by atoms with van der Waals surface area (Å²) >= 11 is 1.65. The van der Waals surface area contributed by atoms with E-state index in [9.17, 15) is 0 Å². The molecule has 21 heavy (non-hydrogen) atoms. The lowest BCUT2D eigenvalue weighted by Crippen LogP contribution is -2.11. The van der Waals surface area contributed by atoms with Gasteiger partial charge in [0.05, 0.1) is 23.6 Å². The Morgan fingerprint density at radius 2 is 2.05 bits per heavy atom. The molecule has 4 nitrogen and oxygen atoms in total. The molecule has 1 fully saturated rings. The average molecular weight is 296 g/mol. The highest BCUT2D eigenvalue weighted by Crippen LogP contribution is 2.40. The Balaban J connectivity index is 1.61. The SMILES string of the molecule is NC(c1nc(-c2cnn(-c3ccccc3)c2)cs1)C1CC1. The van der Waals surface area contributed by atoms with Gasteiger partial charge in [-0.2, -0.15) is 5.10 Å². The van der Waals surface area contributed by atoms with Gasteiger partial charge >= 0.3 is 0 Å². The van der Waals surface area contributed by atoms with Crippen molar-refractivity contribution < 1.29 is 0 Å². The first-order chi connectivity index (χ1) is 10.3. The number of nitrogens with zero attached hydrogens (tertiary/aromatic N) is 3. The van der Waals surface area contributed by atoms with Crippen molar-refractivity contribution in [3.8, 4) is 16.9 Å². The third-order valence-electron chi connectivity index (χ3n) is 3.84. The third kappa shape index (κ3) is 2.50. The smallest absolute Gasteiger partial charge is 0.110 e. The maximum absolute atomic E-state index is 6.22. The Morgan fingerprint density at radius 3 is 2.81 bits per heavy atom. The van der Waals surface area contributed by atoms with E-state index in [-0.39, 0.29) is 6.04 Å². The summed E-state index contributed by atoms with van der Waals surface area (Å²) in [5, 5.41) is 7.53. The lowest BCUT2D eigenvalue weighted by molar-refractivity contribution is 0.629. The van der Waals surface area contributed by atoms with Crippen LogP contribution in [0.1, 0.15) is 23.9 Å². The predicted octanol–water partition coefficient (Wildman–Crippen LogP) is 3.41. The van der Waals surface area contributed by atoms with Gasteiger partial charge in [0.25, 0.3) is 0 Å². The summed E-state index contributed by atoms with van der Waals surface area (Å²) in [6, 6.07) is 10.2. The Labute approximate surface area is 127 Å². The first-order valence-corrected chi connectivity index (χ1v) is 8.01. The first kappa shape index (κ1) is 12.7. The highest BCUT2D eigenvalue weighted by Gasteiger charge is 2.31. The second kappa shape index (κ2) is 5.09. The minimum absolute atomic E-state index is 0.105. The molecule has 3 aromatic rings. The molecule has 1 aromatic carbocycles. The van der Waals surface area contributed by atoms with E-state index >= 15 is 0 Å². The van der Waals surface area contributed by atoms with Gasteiger partial charge in [-0.1, -0.05) is 18.2 Å². The predicted molar refractivity (Wildman–Crippen MR) is 84.3 cm³/mol. The molecule has 1 aliphatic carbocycles. The number of thiazole rings is 1. The fourth-order valence-corrected chi connectivity index (χ4v) is 3.33. The van der Waals surface area contributed by atoms with E-state index < -0.39 is 0 Å². The molecular weight excluding hydrogens is 280 g/mol. The van der Waals surface area contributed by atoms with E-state index in [4.69, 9.17) is 5.73 Å². The van der Waals surface area contributed by atoms with Crippen LogP contribution in [0.5, 0.6) is 0 Å². The van der Waals surface area contributed by atoms with Crippen LogP contribution in [0, 0.1) is 5.92 Å². The molecule has 0 aliphatic heterocycles. The minimum Gasteiger partial charge on any atom is -0.322 e. The van der Waals surface area contributed by atoms with E-state index in [1.54, 1.807) is 11.3 Å². The molecule has 106 valence electrons. The molecule has 0 amide bonds. The highest BCUT2D eigenvalue weighted by atomic mass is 32.1. The molecule has 0 radical (unpaired) electrons. The van der Waals surface area contributed by atoms with Crippen LogP contribution in [0.2, 0.25) is 0 Å². The molecule has 1 unspecified atom stereocenters. The summed E-state index contributed by atoms with van der Waals surface area (Å²) in [7, 11) is 0. The number of benzene rings is 1. The number of nitrogens with two attached hydrogens (primary N) is 1. The van der Waals surface area contributed by atoms with Gasteiger partial charge in [0, 0.05) is 17.1 Å². The van der Waals surface area contributed by atoms with E-state index in [0.29, 0.717) is 5.92 Å². The molecule has 0 saturated heterocycles. The summed E-state index contributed by atoms with van der Waals surface area (Å²) in [5.74, 6) is 0.635. The van der Waals surface area contributed by atoms with Crippen molar-refractivity contribution in [1.82, 2.24) is 14.8 Å². The van der Waals surface area contributed by atoms with Crippen LogP contribution in [-0.2, 0) is 0 Å². The molecule has 0 spiro atoms. The molecule has 0 bridgehead atoms. The summed E-state index contributed by atoms with van der Waals surface area (Å²) in [6.07, 6.45) is 6.34. The second-order valence-corrected chi connectivity index (χ2v) is 6.33. The van der Waals surface area contributed by atoms with Crippen molar-refractivity contribution in [2.75, 3.05) is 0 Å². The van der Waals surface area contributed by atoms with Gasteiger partial charge < -0.3 is 5.73 Å². The number of para-hydroxylation sites is 1. The molecular formula is C16H16N4S. The monoisotopic (exact) mass is 296 g/mol. The van der Waals surface area contributed by atoms with Crippen LogP contribution in [0.15, 0.2) is 48.1 Å². The van der Waals surface area contributed by atoms with Crippen LogP contribution < -0.4 is 5.73 Å². The van der Waals surface area contributed by atoms with Gasteiger partial charge in [0.2, 0.25) is 0 Å². The van der Waals surface area contributed by atoms with Crippen LogP contribution in [0.4, 0.5) is 0 Å². The molecule has 1 aliphatic rings. The van der Waals surface area contributed by atoms with Crippen LogP contribution >= 0.6 is 11.3 Å². The fraction of sp³-hybridized carbons (Fsp3) is 0.250. The Hall–Kier alpha value is -1.98. The van der Waals surface area contributed by atoms with E-state index in [0.717, 1.165) is 22.0 Å². The number of hydrogen-bond acceptors (Lipinski definition) is 4. The summed E-state index contributed by atoms with van der Waals surface area (Å²) in [6.45, 7) is 0. The normalized spacial score (nSPS) is 16.0. The van der Waals surface area contributed by atoms with Crippen molar-refractivity contribution in [3.05, 3.63) is 53.1 Å². The van der Waals surface area contributed by atoms with Gasteiger partial charge in [-0.25, -0.2) is 9.67 Å². The third-order valence-corrected chi connectivity index (χ3v) is 4.78. The first-order valence-electron chi connectivity index (χ1n) is 7.13. The largest absolute Gasteiger partial charge is 0.322 e. The van der Waals surface area contributed by atoms with E-state index in [2.05, 4.69) is 15.5 Å². The van der Waals surface area contributed by atoms with Gasteiger partial charge in [0.1, 0.15) is 5.01 Å². The lowest BCUT2D eigenvalue weighted by Gasteiger charge is -2.04. The van der Waals surface area contributed by atoms with Crippen molar-refractivity contribution in [1.29, 1.82) is 0 Å². The zero-order chi connectivity index (χ0) is 14.2. The maximum Gasteiger partial charge on any atom is 0.110 e. The molecule has 1 atom stereocenters. The Bertz CT molecular complexity index is 742. The van der Waals surface area contributed by atoms with Crippen molar-refractivity contribution in [2.45, 2.75) is 18.9 Å². The summed E-state index contributed by atoms with van der Waals surface area (Å²) in [4.78, 5) is 4.69. The standard InChI is InChI=1S/C16H16N4S/c17-15(11-6-7-11)16-19-14(10-21-16)12-8-18-20(9-12)13-4-2-1-3-5-13/h1-5,8-11,15H,6-7,17H2. The van der Waals surface area contributed by atoms with Crippen LogP contribution in [0.25, 0.3) is 16.9 Å². The zero-order valence-electron chi connectivity index (χ0n) is 11.5. The Morgan fingerprint density at radius 1 is 1.24 bits per heavy atom. The van der Waals surface area contributed by atoms with Crippen LogP contribution in [0.3, 0.4) is 0 Å². The van der Waals surface area contributed by atoms with Gasteiger partial charge in [0.15, 0.2) is 0 Å². The quantitative estimate of drug-likeness (QED) is 0.802. The van der Waals surface area contributed by atoms with Gasteiger partial charge in [-0.05, 0) is 30.9 Å². The zero-order valence-corrected chi connectivity index (χ0v) is 12.3. The van der Waals surface area contributed by atoms with E-state index in [1.807, 2.05) is 47.4 Å². The number of rotatable bonds is 4. The Kier molecular flexibility index (Phi) is 3.09. The molecule has 5 heteroatoms. The minimum atomic E-state index is 0.105. The molecule has 2 N–H and O–H groups in total. The number of hydrogen-bond donors (Lipinski definition) is 1. The average Bonchev–Trinajstić information content (AvgIpc) is 3.06. The molecule has 2 heterocycles. The van der Waals surface area contributed by atoms with Gasteiger partial charge in [-0.15, -0.1) is 11.3 Å². The highest BCUT2D eigenvalue weighted by molar-refractivity contribution is 7.10. The second-order valence-electron chi connectivity index (χ2n) is 5.44. The van der Waals surface area contributed by atoms with E-state index in [1.165, 1.54) is 12.8 Å². The molecule has 4 rings (SSSR count). The topological polar surface area (TPSA) is 56.7 Å². The fourth-order valence-electron chi connectivity index (χ4n) is 2.41. The molecule has 1 saturated carbocycles. The summed E-state index contributed by atoms with van der Waals surface area (Å²) < 4.78 is 1.87. The lowest BCUT2D eigenvalue weighted by atomic mass is 10.2. The maximum atomic E-state index is 6.22.